The SMILES string of the molecule is COc1ccc(CN(Cc2csc3cc(-c4cc(-c5cnc(OC(C)(C)C)nc5OC(C)(C)C)cc(C(C)(C)C)c4OC)ccc23)S(C)(=O)=O)c(OC)c1. The van der Waals surface area contributed by atoms with Gasteiger partial charge < -0.3 is 23.7 Å². The maximum Gasteiger partial charge on any atom is 0.320 e. The van der Waals surface area contributed by atoms with Crippen molar-refractivity contribution in [1.82, 2.24) is 14.3 Å². The maximum absolute atomic E-state index is 13.1. The van der Waals surface area contributed by atoms with Gasteiger partial charge in [-0.3, -0.25) is 0 Å². The van der Waals surface area contributed by atoms with E-state index in [4.69, 9.17) is 28.7 Å². The highest BCUT2D eigenvalue weighted by molar-refractivity contribution is 7.88. The van der Waals surface area contributed by atoms with Gasteiger partial charge in [0.15, 0.2) is 0 Å². The highest BCUT2D eigenvalue weighted by atomic mass is 32.2. The van der Waals surface area contributed by atoms with Crippen molar-refractivity contribution in [3.8, 4) is 51.4 Å². The summed E-state index contributed by atoms with van der Waals surface area (Å²) in [7, 11) is 1.26. The summed E-state index contributed by atoms with van der Waals surface area (Å²) in [6, 6.07) is 16.1. The van der Waals surface area contributed by atoms with E-state index < -0.39 is 21.2 Å². The number of sulfonamides is 1. The second-order valence-electron chi connectivity index (χ2n) is 16.3. The van der Waals surface area contributed by atoms with Crippen LogP contribution in [0.15, 0.2) is 60.1 Å². The molecule has 12 heteroatoms. The van der Waals surface area contributed by atoms with Crippen LogP contribution in [0.5, 0.6) is 29.1 Å². The highest BCUT2D eigenvalue weighted by Gasteiger charge is 2.28. The van der Waals surface area contributed by atoms with Crippen molar-refractivity contribution in [1.29, 1.82) is 0 Å². The Kier molecular flexibility index (Phi) is 11.6. The van der Waals surface area contributed by atoms with Crippen LogP contribution in [0.25, 0.3) is 32.3 Å². The number of rotatable bonds is 12. The zero-order chi connectivity index (χ0) is 39.8. The largest absolute Gasteiger partial charge is 0.497 e. The van der Waals surface area contributed by atoms with E-state index in [1.807, 2.05) is 53.0 Å². The minimum absolute atomic E-state index is 0.148. The quantitative estimate of drug-likeness (QED) is 0.122. The van der Waals surface area contributed by atoms with E-state index in [9.17, 15) is 8.42 Å². The van der Waals surface area contributed by atoms with Crippen molar-refractivity contribution < 1.29 is 32.1 Å². The lowest BCUT2D eigenvalue weighted by Crippen LogP contribution is -2.29. The molecule has 2 heterocycles. The summed E-state index contributed by atoms with van der Waals surface area (Å²) in [6.07, 6.45) is 2.99. The monoisotopic (exact) mass is 775 g/mol. The number of ether oxygens (including phenoxy) is 5. The van der Waals surface area contributed by atoms with Gasteiger partial charge >= 0.3 is 6.01 Å². The number of thiophene rings is 1. The number of hydrogen-bond donors (Lipinski definition) is 0. The van der Waals surface area contributed by atoms with Gasteiger partial charge in [-0.25, -0.2) is 13.4 Å². The molecule has 10 nitrogen and oxygen atoms in total. The van der Waals surface area contributed by atoms with Gasteiger partial charge in [0.1, 0.15) is 28.5 Å². The number of fused-ring (bicyclic) bond motifs is 1. The molecule has 0 unspecified atom stereocenters. The molecular weight excluding hydrogens is 723 g/mol. The summed E-state index contributed by atoms with van der Waals surface area (Å²) in [6.45, 7) is 18.6. The van der Waals surface area contributed by atoms with Crippen molar-refractivity contribution in [2.45, 2.75) is 92.0 Å². The van der Waals surface area contributed by atoms with Crippen LogP contribution in [-0.2, 0) is 28.5 Å². The van der Waals surface area contributed by atoms with Crippen molar-refractivity contribution in [3.63, 3.8) is 0 Å². The molecule has 3 aromatic carbocycles. The fourth-order valence-corrected chi connectivity index (χ4v) is 7.78. The molecule has 2 aromatic heterocycles. The van der Waals surface area contributed by atoms with Crippen molar-refractivity contribution in [3.05, 3.63) is 76.8 Å². The first-order valence-electron chi connectivity index (χ1n) is 17.7. The maximum atomic E-state index is 13.1. The minimum Gasteiger partial charge on any atom is -0.497 e. The van der Waals surface area contributed by atoms with Crippen LogP contribution in [0.2, 0.25) is 0 Å². The van der Waals surface area contributed by atoms with Crippen LogP contribution in [0.3, 0.4) is 0 Å². The summed E-state index contributed by atoms with van der Waals surface area (Å²) < 4.78 is 58.2. The lowest BCUT2D eigenvalue weighted by Gasteiger charge is -2.27. The Labute approximate surface area is 324 Å². The molecule has 0 N–H and O–H groups in total. The van der Waals surface area contributed by atoms with Gasteiger partial charge in [-0.1, -0.05) is 39.0 Å². The molecule has 0 aliphatic rings. The molecule has 0 radical (unpaired) electrons. The van der Waals surface area contributed by atoms with Gasteiger partial charge in [-0.2, -0.15) is 9.29 Å². The lowest BCUT2D eigenvalue weighted by atomic mass is 9.82. The average molecular weight is 776 g/mol. The van der Waals surface area contributed by atoms with E-state index >= 15 is 0 Å². The van der Waals surface area contributed by atoms with Crippen LogP contribution in [-0.4, -0.2) is 61.5 Å². The van der Waals surface area contributed by atoms with E-state index in [1.54, 1.807) is 51.0 Å². The number of methoxy groups -OCH3 is 3. The summed E-state index contributed by atoms with van der Waals surface area (Å²) in [5, 5.41) is 3.01. The molecule has 0 saturated heterocycles. The van der Waals surface area contributed by atoms with E-state index in [0.29, 0.717) is 17.4 Å². The van der Waals surface area contributed by atoms with E-state index in [1.165, 1.54) is 10.6 Å². The first kappa shape index (κ1) is 40.8. The summed E-state index contributed by atoms with van der Waals surface area (Å²) in [5.41, 5.74) is 4.83. The van der Waals surface area contributed by atoms with Gasteiger partial charge in [-0.05, 0) is 98.7 Å². The number of hydrogen-bond acceptors (Lipinski definition) is 10. The molecular formula is C42H53N3O7S2. The molecule has 0 atom stereocenters. The lowest BCUT2D eigenvalue weighted by molar-refractivity contribution is 0.103. The van der Waals surface area contributed by atoms with Crippen LogP contribution in [0.1, 0.15) is 79.0 Å². The van der Waals surface area contributed by atoms with Gasteiger partial charge in [0.05, 0.1) is 33.1 Å². The second-order valence-corrected chi connectivity index (χ2v) is 19.2. The van der Waals surface area contributed by atoms with Crippen molar-refractivity contribution in [2.75, 3.05) is 27.6 Å². The van der Waals surface area contributed by atoms with Gasteiger partial charge in [0, 0.05) is 46.7 Å². The molecule has 0 bridgehead atoms. The number of aromatic nitrogens is 2. The van der Waals surface area contributed by atoms with E-state index in [-0.39, 0.29) is 24.5 Å². The van der Waals surface area contributed by atoms with Crippen LogP contribution < -0.4 is 23.7 Å². The molecule has 0 fully saturated rings. The van der Waals surface area contributed by atoms with E-state index in [0.717, 1.165) is 54.8 Å². The minimum atomic E-state index is -3.58. The second kappa shape index (κ2) is 15.4. The predicted octanol–water partition coefficient (Wildman–Crippen LogP) is 9.66. The third-order valence-electron chi connectivity index (χ3n) is 8.57. The Morgan fingerprint density at radius 2 is 1.43 bits per heavy atom. The smallest absolute Gasteiger partial charge is 0.320 e. The topological polar surface area (TPSA) is 109 Å². The molecule has 0 spiro atoms. The summed E-state index contributed by atoms with van der Waals surface area (Å²) in [5.74, 6) is 2.39. The third-order valence-corrected chi connectivity index (χ3v) is 10.8. The van der Waals surface area contributed by atoms with Gasteiger partial charge in [-0.15, -0.1) is 11.3 Å². The van der Waals surface area contributed by atoms with Crippen molar-refractivity contribution in [2.24, 2.45) is 0 Å². The molecule has 5 rings (SSSR count). The number of benzene rings is 3. The Bertz CT molecular complexity index is 2250. The van der Waals surface area contributed by atoms with Crippen LogP contribution in [0, 0.1) is 0 Å². The molecule has 0 aliphatic heterocycles. The molecule has 290 valence electrons. The molecule has 0 aliphatic carbocycles. The average Bonchev–Trinajstić information content (AvgIpc) is 3.47. The fourth-order valence-electron chi connectivity index (χ4n) is 6.04. The Balaban J connectivity index is 1.60. The third kappa shape index (κ3) is 9.64. The van der Waals surface area contributed by atoms with Gasteiger partial charge in [0.2, 0.25) is 15.9 Å². The summed E-state index contributed by atoms with van der Waals surface area (Å²) >= 11 is 1.58. The van der Waals surface area contributed by atoms with Crippen molar-refractivity contribution >= 4 is 31.4 Å². The first-order valence-corrected chi connectivity index (χ1v) is 20.5. The van der Waals surface area contributed by atoms with Crippen LogP contribution in [0.4, 0.5) is 0 Å². The zero-order valence-corrected chi connectivity index (χ0v) is 35.3. The predicted molar refractivity (Wildman–Crippen MR) is 218 cm³/mol. The fraction of sp³-hybridized carbons (Fsp3) is 0.429. The summed E-state index contributed by atoms with van der Waals surface area (Å²) in [4.78, 5) is 9.33. The van der Waals surface area contributed by atoms with Crippen LogP contribution >= 0.6 is 11.3 Å². The first-order chi connectivity index (χ1) is 25.1. The highest BCUT2D eigenvalue weighted by Crippen LogP contribution is 2.45. The zero-order valence-electron chi connectivity index (χ0n) is 33.7. The normalized spacial score (nSPS) is 12.6. The standard InChI is InChI=1S/C42H53N3O7S2/c1-40(2,3)34-19-28(33-22-43-39(52-42(7,8)9)44-38(33)51-41(4,5)6)18-32(37(34)50-12)26-15-17-31-29(25-53-36(31)20-26)24-45(54(13,46)47)23-27-14-16-30(48-10)21-35(27)49-11/h14-22,25H,23-24H2,1-13H3. The van der Waals surface area contributed by atoms with E-state index in [2.05, 4.69) is 56.1 Å². The van der Waals surface area contributed by atoms with Gasteiger partial charge in [0.25, 0.3) is 0 Å². The molecule has 54 heavy (non-hydrogen) atoms. The Hall–Kier alpha value is -4.39. The number of nitrogens with zero attached hydrogens (tertiary/aromatic N) is 3. The Morgan fingerprint density at radius 3 is 2.02 bits per heavy atom. The molecule has 0 saturated carbocycles. The Morgan fingerprint density at radius 1 is 0.741 bits per heavy atom. The molecule has 0 amide bonds. The molecule has 5 aromatic rings.